The quantitative estimate of drug-likeness (QED) is 0.331. The van der Waals surface area contributed by atoms with E-state index in [2.05, 4.69) is 50.9 Å². The molecule has 0 aliphatic carbocycles. The standard InChI is InChI=1S/C23H30FN3OS/c1-17-12-13-18(9-6-7-14-28)23(27(17)16-26(2)29(3,4)5)22-15-19-20(24)10-8-11-21(19)25-22/h8,10-13,15,28H,3-4,6-7,9,14,16H2,1-2,5H3/p+1. The number of aromatic amines is 1. The summed E-state index contributed by atoms with van der Waals surface area (Å²) >= 11 is 0. The lowest BCUT2D eigenvalue weighted by molar-refractivity contribution is -0.705. The second kappa shape index (κ2) is 8.69. The van der Waals surface area contributed by atoms with Gasteiger partial charge in [-0.15, -0.1) is 0 Å². The molecule has 0 bridgehead atoms. The van der Waals surface area contributed by atoms with E-state index in [9.17, 15) is 9.50 Å². The summed E-state index contributed by atoms with van der Waals surface area (Å²) in [7, 11) is 0.664. The van der Waals surface area contributed by atoms with Gasteiger partial charge in [-0.3, -0.25) is 0 Å². The number of rotatable bonds is 8. The second-order valence-electron chi connectivity index (χ2n) is 7.83. The molecule has 0 unspecified atom stereocenters. The molecule has 4 nitrogen and oxygen atoms in total. The molecule has 0 aliphatic heterocycles. The van der Waals surface area contributed by atoms with Crippen LogP contribution in [-0.2, 0) is 13.1 Å². The first-order valence-electron chi connectivity index (χ1n) is 9.79. The van der Waals surface area contributed by atoms with Gasteiger partial charge in [0.15, 0.2) is 5.69 Å². The van der Waals surface area contributed by atoms with Crippen molar-refractivity contribution in [1.29, 1.82) is 0 Å². The topological polar surface area (TPSA) is 43.1 Å². The van der Waals surface area contributed by atoms with Gasteiger partial charge in [-0.25, -0.2) is 8.70 Å². The zero-order valence-corrected chi connectivity index (χ0v) is 18.4. The van der Waals surface area contributed by atoms with E-state index < -0.39 is 9.39 Å². The highest BCUT2D eigenvalue weighted by molar-refractivity contribution is 8.25. The Kier molecular flexibility index (Phi) is 6.46. The Hall–Kier alpha value is -2.15. The van der Waals surface area contributed by atoms with Crippen LogP contribution >= 0.6 is 9.39 Å². The van der Waals surface area contributed by atoms with Crippen LogP contribution in [0.4, 0.5) is 4.39 Å². The normalized spacial score (nSPS) is 12.2. The maximum Gasteiger partial charge on any atom is 0.233 e. The van der Waals surface area contributed by atoms with Crippen LogP contribution in [0.1, 0.15) is 24.1 Å². The number of aliphatic hydroxyl groups excluding tert-OH is 1. The van der Waals surface area contributed by atoms with Gasteiger partial charge in [-0.05, 0) is 49.8 Å². The van der Waals surface area contributed by atoms with Crippen molar-refractivity contribution in [2.45, 2.75) is 32.9 Å². The first-order valence-corrected chi connectivity index (χ1v) is 12.1. The number of fused-ring (bicyclic) bond motifs is 1. The molecule has 0 radical (unpaired) electrons. The maximum absolute atomic E-state index is 14.3. The van der Waals surface area contributed by atoms with Crippen molar-refractivity contribution in [3.63, 3.8) is 0 Å². The minimum Gasteiger partial charge on any atom is -0.396 e. The van der Waals surface area contributed by atoms with E-state index in [1.165, 1.54) is 11.6 Å². The lowest BCUT2D eigenvalue weighted by Gasteiger charge is -2.22. The third kappa shape index (κ3) is 4.71. The molecule has 0 aliphatic rings. The van der Waals surface area contributed by atoms with E-state index in [0.717, 1.165) is 41.9 Å². The number of hydrogen-bond donors (Lipinski definition) is 2. The molecular weight excluding hydrogens is 385 g/mol. The number of H-pyrrole nitrogens is 1. The molecule has 0 fully saturated rings. The molecule has 2 N–H and O–H groups in total. The predicted molar refractivity (Wildman–Crippen MR) is 124 cm³/mol. The number of aryl methyl sites for hydroxylation is 2. The summed E-state index contributed by atoms with van der Waals surface area (Å²) in [4.78, 5) is 3.41. The number of halogens is 1. The minimum atomic E-state index is -1.37. The van der Waals surface area contributed by atoms with Gasteiger partial charge in [-0.2, -0.15) is 14.0 Å². The van der Waals surface area contributed by atoms with Gasteiger partial charge in [0.1, 0.15) is 11.5 Å². The van der Waals surface area contributed by atoms with E-state index in [-0.39, 0.29) is 12.4 Å². The van der Waals surface area contributed by atoms with E-state index >= 15 is 0 Å². The van der Waals surface area contributed by atoms with Gasteiger partial charge in [0.05, 0.1) is 0 Å². The number of nitrogens with zero attached hydrogens (tertiary/aromatic N) is 2. The van der Waals surface area contributed by atoms with Crippen LogP contribution < -0.4 is 4.57 Å². The van der Waals surface area contributed by atoms with Crippen LogP contribution in [-0.4, -0.2) is 46.0 Å². The highest BCUT2D eigenvalue weighted by Gasteiger charge is 2.24. The number of nitrogens with one attached hydrogen (secondary N) is 1. The van der Waals surface area contributed by atoms with Gasteiger partial charge >= 0.3 is 0 Å². The SMILES string of the molecule is C=S(=C)(C)N(C)C[n+]1c(C)ccc(CCCCO)c1-c1cc2c(F)cccc2[nH]1. The van der Waals surface area contributed by atoms with Gasteiger partial charge < -0.3 is 10.1 Å². The fourth-order valence-electron chi connectivity index (χ4n) is 3.45. The highest BCUT2D eigenvalue weighted by Crippen LogP contribution is 2.28. The largest absolute Gasteiger partial charge is 0.396 e. The molecule has 0 saturated heterocycles. The van der Waals surface area contributed by atoms with Gasteiger partial charge in [-0.1, -0.05) is 17.8 Å². The van der Waals surface area contributed by atoms with Crippen molar-refractivity contribution in [1.82, 2.24) is 9.29 Å². The third-order valence-corrected chi connectivity index (χ3v) is 6.96. The average Bonchev–Trinajstić information content (AvgIpc) is 3.08. The average molecular weight is 417 g/mol. The fourth-order valence-corrected chi connectivity index (χ4v) is 3.85. The molecule has 0 atom stereocenters. The Morgan fingerprint density at radius 2 is 1.97 bits per heavy atom. The van der Waals surface area contributed by atoms with Gasteiger partial charge in [0.2, 0.25) is 12.4 Å². The Bertz CT molecular complexity index is 1120. The summed E-state index contributed by atoms with van der Waals surface area (Å²) in [6.07, 6.45) is 4.56. The summed E-state index contributed by atoms with van der Waals surface area (Å²) in [5.41, 5.74) is 5.02. The zero-order valence-electron chi connectivity index (χ0n) is 17.5. The Morgan fingerprint density at radius 3 is 2.62 bits per heavy atom. The molecule has 6 heteroatoms. The Labute approximate surface area is 173 Å². The van der Waals surface area contributed by atoms with Crippen LogP contribution in [0, 0.1) is 12.7 Å². The molecule has 156 valence electrons. The highest BCUT2D eigenvalue weighted by atomic mass is 32.2. The lowest BCUT2D eigenvalue weighted by Crippen LogP contribution is -2.46. The minimum absolute atomic E-state index is 0.187. The van der Waals surface area contributed by atoms with E-state index in [4.69, 9.17) is 0 Å². The predicted octanol–water partition coefficient (Wildman–Crippen LogP) is 3.99. The molecule has 3 aromatic rings. The number of unbranched alkanes of at least 4 members (excludes halogenated alkanes) is 1. The van der Waals surface area contributed by atoms with Crippen molar-refractivity contribution in [3.05, 3.63) is 53.5 Å². The summed E-state index contributed by atoms with van der Waals surface area (Å²) in [5.74, 6) is 8.23. The van der Waals surface area contributed by atoms with Crippen LogP contribution in [0.15, 0.2) is 36.4 Å². The number of aliphatic hydroxyl groups is 1. The Balaban J connectivity index is 2.18. The van der Waals surface area contributed by atoms with Crippen LogP contribution in [0.2, 0.25) is 0 Å². The number of aromatic nitrogens is 2. The van der Waals surface area contributed by atoms with Crippen LogP contribution in [0.25, 0.3) is 22.3 Å². The zero-order chi connectivity index (χ0) is 21.2. The number of benzene rings is 1. The van der Waals surface area contributed by atoms with E-state index in [0.29, 0.717) is 12.1 Å². The molecular formula is C23H31FN3OS+. The van der Waals surface area contributed by atoms with Crippen molar-refractivity contribution in [3.8, 4) is 11.4 Å². The molecule has 2 heterocycles. The Morgan fingerprint density at radius 1 is 1.21 bits per heavy atom. The van der Waals surface area contributed by atoms with Crippen molar-refractivity contribution in [2.75, 3.05) is 19.9 Å². The number of hydrogen-bond acceptors (Lipinski definition) is 2. The van der Waals surface area contributed by atoms with Gasteiger partial charge in [0.25, 0.3) is 0 Å². The van der Waals surface area contributed by atoms with Crippen molar-refractivity contribution in [2.24, 2.45) is 0 Å². The molecule has 2 aromatic heterocycles. The second-order valence-corrected chi connectivity index (χ2v) is 10.9. The third-order valence-electron chi connectivity index (χ3n) is 5.34. The smallest absolute Gasteiger partial charge is 0.233 e. The van der Waals surface area contributed by atoms with E-state index in [1.807, 2.05) is 19.2 Å². The summed E-state index contributed by atoms with van der Waals surface area (Å²) in [5, 5.41) is 9.79. The molecule has 3 rings (SSSR count). The lowest BCUT2D eigenvalue weighted by atomic mass is 10.0. The molecule has 0 amide bonds. The first-order chi connectivity index (χ1) is 13.7. The first kappa shape index (κ1) is 21.6. The van der Waals surface area contributed by atoms with Crippen molar-refractivity contribution >= 4 is 32.0 Å². The fraction of sp³-hybridized carbons (Fsp3) is 0.348. The molecule has 29 heavy (non-hydrogen) atoms. The van der Waals surface area contributed by atoms with Crippen LogP contribution in [0.5, 0.6) is 0 Å². The summed E-state index contributed by atoms with van der Waals surface area (Å²) < 4.78 is 18.8. The molecule has 1 aromatic carbocycles. The van der Waals surface area contributed by atoms with Gasteiger partial charge in [0, 0.05) is 43.1 Å². The monoisotopic (exact) mass is 416 g/mol. The maximum atomic E-state index is 14.3. The van der Waals surface area contributed by atoms with E-state index in [1.54, 1.807) is 6.07 Å². The molecule has 0 spiro atoms. The summed E-state index contributed by atoms with van der Waals surface area (Å²) in [6.45, 7) is 2.91. The number of pyridine rings is 1. The summed E-state index contributed by atoms with van der Waals surface area (Å²) in [6, 6.07) is 11.3. The van der Waals surface area contributed by atoms with Crippen molar-refractivity contribution < 1.29 is 14.1 Å². The molecule has 0 saturated carbocycles. The van der Waals surface area contributed by atoms with Crippen LogP contribution in [0.3, 0.4) is 0 Å².